The van der Waals surface area contributed by atoms with Gasteiger partial charge in [0.25, 0.3) is 0 Å². The van der Waals surface area contributed by atoms with Crippen LogP contribution < -0.4 is 4.74 Å². The zero-order chi connectivity index (χ0) is 12.3. The van der Waals surface area contributed by atoms with Crippen LogP contribution in [0.2, 0.25) is 0 Å². The van der Waals surface area contributed by atoms with E-state index in [9.17, 15) is 4.79 Å². The van der Waals surface area contributed by atoms with Crippen molar-refractivity contribution in [2.75, 3.05) is 6.61 Å². The average molecular weight is 229 g/mol. The highest BCUT2D eigenvalue weighted by atomic mass is 16.5. The summed E-state index contributed by atoms with van der Waals surface area (Å²) in [5.74, 6) is 0.784. The number of para-hydroxylation sites is 1. The SMILES string of the molecule is C=C(C)COc1ccccc1C1(N=C=O)CC1. The third kappa shape index (κ3) is 2.45. The van der Waals surface area contributed by atoms with Crippen molar-refractivity contribution in [2.45, 2.75) is 25.3 Å². The second-order valence-electron chi connectivity index (χ2n) is 4.48. The number of hydrogen-bond donors (Lipinski definition) is 0. The van der Waals surface area contributed by atoms with Crippen molar-refractivity contribution in [1.29, 1.82) is 0 Å². The minimum Gasteiger partial charge on any atom is -0.489 e. The lowest BCUT2D eigenvalue weighted by molar-refractivity contribution is 0.345. The van der Waals surface area contributed by atoms with Gasteiger partial charge in [-0.05, 0) is 31.4 Å². The molecule has 1 saturated carbocycles. The number of hydrogen-bond acceptors (Lipinski definition) is 3. The minimum absolute atomic E-state index is 0.382. The Balaban J connectivity index is 2.28. The van der Waals surface area contributed by atoms with Gasteiger partial charge in [0.05, 0.1) is 0 Å². The Labute approximate surface area is 101 Å². The van der Waals surface area contributed by atoms with Gasteiger partial charge < -0.3 is 4.74 Å². The van der Waals surface area contributed by atoms with E-state index in [0.29, 0.717) is 6.61 Å². The fraction of sp³-hybridized carbons (Fsp3) is 0.357. The van der Waals surface area contributed by atoms with E-state index in [-0.39, 0.29) is 5.54 Å². The van der Waals surface area contributed by atoms with Crippen molar-refractivity contribution in [2.24, 2.45) is 4.99 Å². The molecule has 1 aromatic rings. The maximum atomic E-state index is 10.5. The van der Waals surface area contributed by atoms with Crippen molar-refractivity contribution in [3.8, 4) is 5.75 Å². The van der Waals surface area contributed by atoms with E-state index in [0.717, 1.165) is 29.7 Å². The average Bonchev–Trinajstić information content (AvgIpc) is 3.08. The monoisotopic (exact) mass is 229 g/mol. The number of benzene rings is 1. The molecule has 1 fully saturated rings. The van der Waals surface area contributed by atoms with E-state index >= 15 is 0 Å². The van der Waals surface area contributed by atoms with E-state index < -0.39 is 0 Å². The first kappa shape index (κ1) is 11.6. The van der Waals surface area contributed by atoms with Crippen LogP contribution in [0.1, 0.15) is 25.3 Å². The molecule has 3 heteroatoms. The summed E-state index contributed by atoms with van der Waals surface area (Å²) in [6.45, 7) is 6.20. The summed E-state index contributed by atoms with van der Waals surface area (Å²) in [4.78, 5) is 14.4. The standard InChI is InChI=1S/C14H15NO2/c1-11(2)9-17-13-6-4-3-5-12(13)14(7-8-14)15-10-16/h3-6H,1,7-9H2,2H3. The smallest absolute Gasteiger partial charge is 0.235 e. The van der Waals surface area contributed by atoms with Crippen molar-refractivity contribution in [1.82, 2.24) is 0 Å². The third-order valence-corrected chi connectivity index (χ3v) is 2.85. The van der Waals surface area contributed by atoms with E-state index in [1.165, 1.54) is 0 Å². The van der Waals surface area contributed by atoms with Gasteiger partial charge in [-0.3, -0.25) is 0 Å². The van der Waals surface area contributed by atoms with Gasteiger partial charge in [-0.25, -0.2) is 4.79 Å². The van der Waals surface area contributed by atoms with E-state index in [1.807, 2.05) is 31.2 Å². The van der Waals surface area contributed by atoms with Crippen LogP contribution >= 0.6 is 0 Å². The largest absolute Gasteiger partial charge is 0.489 e. The van der Waals surface area contributed by atoms with Gasteiger partial charge in [-0.2, -0.15) is 4.99 Å². The fourth-order valence-electron chi connectivity index (χ4n) is 1.83. The summed E-state index contributed by atoms with van der Waals surface area (Å²) < 4.78 is 5.68. The van der Waals surface area contributed by atoms with Gasteiger partial charge in [-0.1, -0.05) is 24.8 Å². The zero-order valence-electron chi connectivity index (χ0n) is 9.90. The van der Waals surface area contributed by atoms with Crippen LogP contribution in [0.15, 0.2) is 41.4 Å². The lowest BCUT2D eigenvalue weighted by Gasteiger charge is -2.15. The fourth-order valence-corrected chi connectivity index (χ4v) is 1.83. The van der Waals surface area contributed by atoms with E-state index in [1.54, 1.807) is 6.08 Å². The van der Waals surface area contributed by atoms with Crippen LogP contribution in [0.25, 0.3) is 0 Å². The summed E-state index contributed by atoms with van der Waals surface area (Å²) in [6.07, 6.45) is 3.43. The van der Waals surface area contributed by atoms with Gasteiger partial charge >= 0.3 is 0 Å². The van der Waals surface area contributed by atoms with Gasteiger partial charge in [-0.15, -0.1) is 0 Å². The molecule has 17 heavy (non-hydrogen) atoms. The molecule has 0 unspecified atom stereocenters. The van der Waals surface area contributed by atoms with E-state index in [2.05, 4.69) is 11.6 Å². The maximum Gasteiger partial charge on any atom is 0.235 e. The molecular formula is C14H15NO2. The molecule has 0 radical (unpaired) electrons. The van der Waals surface area contributed by atoms with Gasteiger partial charge in [0.2, 0.25) is 6.08 Å². The second-order valence-corrected chi connectivity index (χ2v) is 4.48. The summed E-state index contributed by atoms with van der Waals surface area (Å²) in [7, 11) is 0. The number of aliphatic imine (C=N–C) groups is 1. The normalized spacial score (nSPS) is 15.8. The van der Waals surface area contributed by atoms with Crippen LogP contribution in [-0.4, -0.2) is 12.7 Å². The molecule has 1 aliphatic carbocycles. The van der Waals surface area contributed by atoms with Crippen molar-refractivity contribution < 1.29 is 9.53 Å². The predicted octanol–water partition coefficient (Wildman–Crippen LogP) is 2.97. The summed E-state index contributed by atoms with van der Waals surface area (Å²) in [5, 5.41) is 0. The highest BCUT2D eigenvalue weighted by Gasteiger charge is 2.46. The minimum atomic E-state index is -0.382. The first-order valence-electron chi connectivity index (χ1n) is 5.64. The van der Waals surface area contributed by atoms with Crippen LogP contribution in [0, 0.1) is 0 Å². The molecule has 2 rings (SSSR count). The van der Waals surface area contributed by atoms with Crippen molar-refractivity contribution in [3.63, 3.8) is 0 Å². The Kier molecular flexibility index (Phi) is 3.12. The number of isocyanates is 1. The van der Waals surface area contributed by atoms with Crippen molar-refractivity contribution in [3.05, 3.63) is 42.0 Å². The first-order valence-corrected chi connectivity index (χ1v) is 5.64. The molecular weight excluding hydrogens is 214 g/mol. The molecule has 0 saturated heterocycles. The molecule has 0 amide bonds. The zero-order valence-corrected chi connectivity index (χ0v) is 9.90. The Morgan fingerprint density at radius 3 is 2.82 bits per heavy atom. The molecule has 1 aromatic carbocycles. The Hall–Kier alpha value is -1.86. The first-order chi connectivity index (χ1) is 8.18. The third-order valence-electron chi connectivity index (χ3n) is 2.85. The maximum absolute atomic E-state index is 10.5. The molecule has 0 N–H and O–H groups in total. The van der Waals surface area contributed by atoms with E-state index in [4.69, 9.17) is 4.74 Å². The predicted molar refractivity (Wildman–Crippen MR) is 65.8 cm³/mol. The van der Waals surface area contributed by atoms with Crippen LogP contribution in [0.3, 0.4) is 0 Å². The Bertz CT molecular complexity index is 483. The second kappa shape index (κ2) is 4.56. The topological polar surface area (TPSA) is 38.7 Å². The number of carbonyl (C=O) groups excluding carboxylic acids is 1. The molecule has 0 spiro atoms. The Morgan fingerprint density at radius 2 is 2.24 bits per heavy atom. The number of ether oxygens (including phenoxy) is 1. The highest BCUT2D eigenvalue weighted by molar-refractivity contribution is 5.47. The molecule has 0 aromatic heterocycles. The number of rotatable bonds is 5. The molecule has 88 valence electrons. The lowest BCUT2D eigenvalue weighted by Crippen LogP contribution is -2.07. The molecule has 0 atom stereocenters. The molecule has 3 nitrogen and oxygen atoms in total. The highest BCUT2D eigenvalue weighted by Crippen LogP contribution is 2.52. The lowest BCUT2D eigenvalue weighted by atomic mass is 10.0. The number of nitrogens with zero attached hydrogens (tertiary/aromatic N) is 1. The van der Waals surface area contributed by atoms with Gasteiger partial charge in [0.1, 0.15) is 17.9 Å². The Morgan fingerprint density at radius 1 is 1.53 bits per heavy atom. The quantitative estimate of drug-likeness (QED) is 0.442. The van der Waals surface area contributed by atoms with Crippen molar-refractivity contribution >= 4 is 6.08 Å². The molecule has 0 heterocycles. The summed E-state index contributed by atoms with van der Waals surface area (Å²) >= 11 is 0. The summed E-state index contributed by atoms with van der Waals surface area (Å²) in [5.41, 5.74) is 1.56. The van der Waals surface area contributed by atoms with Crippen LogP contribution in [0.5, 0.6) is 5.75 Å². The molecule has 0 bridgehead atoms. The van der Waals surface area contributed by atoms with Gasteiger partial charge in [0.15, 0.2) is 0 Å². The van der Waals surface area contributed by atoms with Crippen LogP contribution in [-0.2, 0) is 10.3 Å². The molecule has 1 aliphatic rings. The molecule has 0 aliphatic heterocycles. The van der Waals surface area contributed by atoms with Gasteiger partial charge in [0, 0.05) is 5.56 Å². The summed E-state index contributed by atoms with van der Waals surface area (Å²) in [6, 6.07) is 7.71. The van der Waals surface area contributed by atoms with Crippen LogP contribution in [0.4, 0.5) is 0 Å².